The van der Waals surface area contributed by atoms with E-state index in [1.165, 1.54) is 24.3 Å². The van der Waals surface area contributed by atoms with Crippen molar-refractivity contribution in [2.24, 2.45) is 5.92 Å². The molecule has 1 amide bonds. The van der Waals surface area contributed by atoms with E-state index in [4.69, 9.17) is 16.3 Å². The van der Waals surface area contributed by atoms with Gasteiger partial charge in [0, 0.05) is 11.6 Å². The van der Waals surface area contributed by atoms with Crippen molar-refractivity contribution in [3.63, 3.8) is 0 Å². The minimum absolute atomic E-state index is 0.0211. The molecule has 1 saturated heterocycles. The Kier molecular flexibility index (Phi) is 8.75. The van der Waals surface area contributed by atoms with Crippen molar-refractivity contribution in [1.29, 1.82) is 0 Å². The van der Waals surface area contributed by atoms with Gasteiger partial charge in [-0.05, 0) is 73.8 Å². The average molecular weight is 494 g/mol. The molecule has 3 rings (SSSR count). The summed E-state index contributed by atoms with van der Waals surface area (Å²) in [5.41, 5.74) is 1.05. The minimum atomic E-state index is -3.88. The van der Waals surface area contributed by atoms with E-state index in [2.05, 4.69) is 14.9 Å². The van der Waals surface area contributed by atoms with Crippen molar-refractivity contribution in [1.82, 2.24) is 14.9 Å². The maximum Gasteiger partial charge on any atom is 0.241 e. The Bertz CT molecular complexity index is 1040. The monoisotopic (exact) mass is 493 g/mol. The highest BCUT2D eigenvalue weighted by molar-refractivity contribution is 7.89. The molecule has 0 spiro atoms. The Morgan fingerprint density at radius 3 is 2.39 bits per heavy atom. The molecule has 1 heterocycles. The predicted octanol–water partition coefficient (Wildman–Crippen LogP) is 3.60. The van der Waals surface area contributed by atoms with Crippen molar-refractivity contribution in [2.45, 2.75) is 43.7 Å². The molecule has 33 heavy (non-hydrogen) atoms. The fraction of sp³-hybridized carbons (Fsp3) is 0.458. The van der Waals surface area contributed by atoms with Gasteiger partial charge in [-0.3, -0.25) is 9.69 Å². The first-order chi connectivity index (χ1) is 15.7. The van der Waals surface area contributed by atoms with E-state index in [0.717, 1.165) is 37.2 Å². The van der Waals surface area contributed by atoms with Crippen LogP contribution in [0.4, 0.5) is 0 Å². The Labute approximate surface area is 201 Å². The summed E-state index contributed by atoms with van der Waals surface area (Å²) in [5, 5.41) is 3.43. The van der Waals surface area contributed by atoms with Crippen molar-refractivity contribution in [3.8, 4) is 5.75 Å². The number of rotatable bonds is 10. The molecule has 2 aromatic rings. The second-order valence-corrected chi connectivity index (χ2v) is 10.7. The summed E-state index contributed by atoms with van der Waals surface area (Å²) < 4.78 is 33.6. The largest absolute Gasteiger partial charge is 0.497 e. The molecule has 2 atom stereocenters. The lowest BCUT2D eigenvalue weighted by Crippen LogP contribution is -2.51. The summed E-state index contributed by atoms with van der Waals surface area (Å²) in [6.07, 6.45) is 2.23. The molecule has 2 aromatic carbocycles. The molecule has 180 valence electrons. The molecule has 0 aromatic heterocycles. The van der Waals surface area contributed by atoms with Crippen LogP contribution in [0.3, 0.4) is 0 Å². The second-order valence-electron chi connectivity index (χ2n) is 8.58. The van der Waals surface area contributed by atoms with Crippen molar-refractivity contribution >= 4 is 27.5 Å². The maximum atomic E-state index is 13.1. The van der Waals surface area contributed by atoms with E-state index >= 15 is 0 Å². The number of hydrogen-bond acceptors (Lipinski definition) is 5. The number of nitrogens with one attached hydrogen (secondary N) is 2. The summed E-state index contributed by atoms with van der Waals surface area (Å²) in [6, 6.07) is 12.8. The Hall–Kier alpha value is -2.13. The van der Waals surface area contributed by atoms with Crippen molar-refractivity contribution < 1.29 is 17.9 Å². The molecule has 0 saturated carbocycles. The van der Waals surface area contributed by atoms with Crippen molar-refractivity contribution in [2.75, 3.05) is 26.7 Å². The molecule has 9 heteroatoms. The number of likely N-dealkylation sites (tertiary alicyclic amines) is 1. The number of sulfonamides is 1. The number of benzene rings is 2. The Morgan fingerprint density at radius 1 is 1.12 bits per heavy atom. The lowest BCUT2D eigenvalue weighted by Gasteiger charge is -2.30. The average Bonchev–Trinajstić information content (AvgIpc) is 3.32. The topological polar surface area (TPSA) is 87.7 Å². The fourth-order valence-corrected chi connectivity index (χ4v) is 5.48. The van der Waals surface area contributed by atoms with Crippen LogP contribution >= 0.6 is 11.6 Å². The zero-order valence-corrected chi connectivity index (χ0v) is 20.8. The molecule has 2 N–H and O–H groups in total. The van der Waals surface area contributed by atoms with Gasteiger partial charge in [-0.25, -0.2) is 8.42 Å². The number of carbonyl (C=O) groups excluding carboxylic acids is 1. The van der Waals surface area contributed by atoms with E-state index in [0.29, 0.717) is 11.6 Å². The highest BCUT2D eigenvalue weighted by atomic mass is 35.5. The molecular weight excluding hydrogens is 462 g/mol. The Morgan fingerprint density at radius 2 is 1.79 bits per heavy atom. The van der Waals surface area contributed by atoms with E-state index in [9.17, 15) is 13.2 Å². The molecule has 0 radical (unpaired) electrons. The quantitative estimate of drug-likeness (QED) is 0.528. The third-order valence-corrected chi connectivity index (χ3v) is 7.59. The number of amides is 1. The van der Waals surface area contributed by atoms with Crippen LogP contribution in [0.5, 0.6) is 5.75 Å². The van der Waals surface area contributed by atoms with E-state index in [1.54, 1.807) is 7.11 Å². The second kappa shape index (κ2) is 11.3. The fourth-order valence-electron chi connectivity index (χ4n) is 4.01. The molecule has 7 nitrogen and oxygen atoms in total. The van der Waals surface area contributed by atoms with Gasteiger partial charge in [0.15, 0.2) is 0 Å². The van der Waals surface area contributed by atoms with Crippen LogP contribution in [-0.2, 0) is 14.8 Å². The zero-order valence-electron chi connectivity index (χ0n) is 19.3. The van der Waals surface area contributed by atoms with Gasteiger partial charge in [0.2, 0.25) is 15.9 Å². The summed E-state index contributed by atoms with van der Waals surface area (Å²) >= 11 is 5.87. The summed E-state index contributed by atoms with van der Waals surface area (Å²) in [5.74, 6) is 0.169. The number of methoxy groups -OCH3 is 1. The van der Waals surface area contributed by atoms with Gasteiger partial charge in [0.25, 0.3) is 0 Å². The smallest absolute Gasteiger partial charge is 0.241 e. The Balaban J connectivity index is 1.74. The molecular formula is C24H32ClN3O4S. The van der Waals surface area contributed by atoms with Gasteiger partial charge in [-0.2, -0.15) is 4.72 Å². The van der Waals surface area contributed by atoms with Crippen LogP contribution < -0.4 is 14.8 Å². The number of nitrogens with zero attached hydrogens (tertiary/aromatic N) is 1. The number of halogens is 1. The zero-order chi connectivity index (χ0) is 24.0. The van der Waals surface area contributed by atoms with Gasteiger partial charge in [0.05, 0.1) is 18.0 Å². The molecule has 0 bridgehead atoms. The van der Waals surface area contributed by atoms with E-state index in [-0.39, 0.29) is 22.8 Å². The third-order valence-electron chi connectivity index (χ3n) is 5.88. The van der Waals surface area contributed by atoms with Gasteiger partial charge >= 0.3 is 0 Å². The number of carbonyl (C=O) groups is 1. The van der Waals surface area contributed by atoms with E-state index in [1.807, 2.05) is 38.1 Å². The van der Waals surface area contributed by atoms with E-state index < -0.39 is 16.1 Å². The molecule has 1 aliphatic rings. The highest BCUT2D eigenvalue weighted by Crippen LogP contribution is 2.27. The molecule has 0 aliphatic carbocycles. The van der Waals surface area contributed by atoms with Gasteiger partial charge in [-0.1, -0.05) is 37.6 Å². The highest BCUT2D eigenvalue weighted by Gasteiger charge is 2.30. The lowest BCUT2D eigenvalue weighted by molar-refractivity contribution is -0.123. The van der Waals surface area contributed by atoms with Crippen LogP contribution in [0.25, 0.3) is 0 Å². The first kappa shape index (κ1) is 25.5. The van der Waals surface area contributed by atoms with Crippen LogP contribution in [0.1, 0.15) is 38.3 Å². The lowest BCUT2D eigenvalue weighted by atomic mass is 10.0. The first-order valence-corrected chi connectivity index (χ1v) is 13.0. The number of hydrogen-bond donors (Lipinski definition) is 2. The maximum absolute atomic E-state index is 13.1. The molecule has 1 fully saturated rings. The summed E-state index contributed by atoms with van der Waals surface area (Å²) in [7, 11) is -2.25. The minimum Gasteiger partial charge on any atom is -0.497 e. The van der Waals surface area contributed by atoms with Crippen molar-refractivity contribution in [3.05, 3.63) is 59.1 Å². The van der Waals surface area contributed by atoms with Gasteiger partial charge in [-0.15, -0.1) is 0 Å². The normalized spacial score (nSPS) is 16.5. The van der Waals surface area contributed by atoms with Gasteiger partial charge < -0.3 is 10.1 Å². The van der Waals surface area contributed by atoms with Crippen LogP contribution in [-0.4, -0.2) is 52.0 Å². The van der Waals surface area contributed by atoms with Crippen LogP contribution in [0, 0.1) is 5.92 Å². The standard InChI is InChI=1S/C24H32ClN3O4S/c1-17(2)23(27-33(30,31)21-11-9-19(25)10-12-21)24(29)26-16-22(28-13-4-5-14-28)18-7-6-8-20(15-18)32-3/h6-12,15,17,22-23,27H,4-5,13-14,16H2,1-3H3,(H,26,29)/t22-,23+/m0/s1. The summed E-state index contributed by atoms with van der Waals surface area (Å²) in [4.78, 5) is 15.5. The molecule has 0 unspecified atom stereocenters. The predicted molar refractivity (Wildman–Crippen MR) is 130 cm³/mol. The number of ether oxygens (including phenoxy) is 1. The van der Waals surface area contributed by atoms with Crippen LogP contribution in [0.2, 0.25) is 5.02 Å². The molecule has 1 aliphatic heterocycles. The first-order valence-electron chi connectivity index (χ1n) is 11.1. The van der Waals surface area contributed by atoms with Gasteiger partial charge in [0.1, 0.15) is 11.8 Å². The summed E-state index contributed by atoms with van der Waals surface area (Å²) in [6.45, 7) is 5.91. The van der Waals surface area contributed by atoms with Crippen LogP contribution in [0.15, 0.2) is 53.4 Å². The SMILES string of the molecule is COc1cccc([C@H](CNC(=O)[C@H](NS(=O)(=O)c2ccc(Cl)cc2)C(C)C)N2CCCC2)c1. The third kappa shape index (κ3) is 6.69.